The summed E-state index contributed by atoms with van der Waals surface area (Å²) < 4.78 is 6.45. The molecule has 19 heavy (non-hydrogen) atoms. The average Bonchev–Trinajstić information content (AvgIpc) is 2.35. The molecule has 0 bridgehead atoms. The quantitative estimate of drug-likeness (QED) is 0.465. The van der Waals surface area contributed by atoms with Crippen molar-refractivity contribution in [2.75, 3.05) is 32.8 Å². The number of aliphatic hydroxyl groups excluding tert-OH is 1. The number of esters is 1. The molecule has 0 spiro atoms. The molecule has 0 aromatic heterocycles. The number of ether oxygens (including phenoxy) is 1. The van der Waals surface area contributed by atoms with Gasteiger partial charge in [-0.05, 0) is 32.6 Å². The molecule has 0 saturated heterocycles. The fourth-order valence-corrected chi connectivity index (χ4v) is 2.86. The van der Waals surface area contributed by atoms with Gasteiger partial charge in [-0.1, -0.05) is 13.8 Å². The van der Waals surface area contributed by atoms with Crippen LogP contribution in [0.1, 0.15) is 53.4 Å². The Morgan fingerprint density at radius 3 is 2.16 bits per heavy atom. The van der Waals surface area contributed by atoms with Crippen molar-refractivity contribution >= 4 is 5.97 Å². The Kier molecular flexibility index (Phi) is 9.88. The zero-order chi connectivity index (χ0) is 14.7. The molecule has 0 fully saturated rings. The van der Waals surface area contributed by atoms with E-state index >= 15 is 0 Å². The van der Waals surface area contributed by atoms with Crippen molar-refractivity contribution in [3.63, 3.8) is 0 Å². The first-order chi connectivity index (χ1) is 9.03. The van der Waals surface area contributed by atoms with Gasteiger partial charge in [-0.2, -0.15) is 0 Å². The summed E-state index contributed by atoms with van der Waals surface area (Å²) in [4.78, 5) is 11.2. The molecule has 1 unspecified atom stereocenters. The molecule has 4 heteroatoms. The number of carbonyl (C=O) groups is 1. The lowest BCUT2D eigenvalue weighted by Crippen LogP contribution is -2.53. The Labute approximate surface area is 118 Å². The molecule has 0 amide bonds. The van der Waals surface area contributed by atoms with E-state index in [-0.39, 0.29) is 18.7 Å². The number of carbonyl (C=O) groups excluding carboxylic acids is 1. The van der Waals surface area contributed by atoms with Crippen molar-refractivity contribution in [1.82, 2.24) is 0 Å². The van der Waals surface area contributed by atoms with E-state index in [1.54, 1.807) is 0 Å². The third kappa shape index (κ3) is 7.53. The number of hydrogen-bond donors (Lipinski definition) is 1. The Balaban J connectivity index is 4.72. The van der Waals surface area contributed by atoms with Gasteiger partial charge >= 0.3 is 5.97 Å². The minimum atomic E-state index is -0.217. The van der Waals surface area contributed by atoms with Crippen molar-refractivity contribution in [2.45, 2.75) is 59.5 Å². The molecule has 114 valence electrons. The van der Waals surface area contributed by atoms with E-state index in [0.717, 1.165) is 49.9 Å². The predicted octanol–water partition coefficient (Wildman–Crippen LogP) is 2.35. The highest BCUT2D eigenvalue weighted by Gasteiger charge is 2.29. The third-order valence-corrected chi connectivity index (χ3v) is 3.67. The summed E-state index contributed by atoms with van der Waals surface area (Å²) in [5, 5.41) is 8.97. The zero-order valence-corrected chi connectivity index (χ0v) is 13.2. The lowest BCUT2D eigenvalue weighted by Gasteiger charge is -2.39. The van der Waals surface area contributed by atoms with Gasteiger partial charge < -0.3 is 14.3 Å². The van der Waals surface area contributed by atoms with Gasteiger partial charge in [-0.3, -0.25) is 4.79 Å². The second kappa shape index (κ2) is 10.2. The number of hydrogen-bond acceptors (Lipinski definition) is 3. The maximum absolute atomic E-state index is 11.2. The smallest absolute Gasteiger partial charge is 0.303 e. The summed E-state index contributed by atoms with van der Waals surface area (Å²) >= 11 is 0. The number of aliphatic hydroxyl groups is 1. The molecular formula is C15H32NO3+. The van der Waals surface area contributed by atoms with Crippen LogP contribution in [0.25, 0.3) is 0 Å². The van der Waals surface area contributed by atoms with E-state index in [4.69, 9.17) is 9.84 Å². The normalized spacial score (nSPS) is 13.3. The molecule has 0 aromatic rings. The summed E-state index contributed by atoms with van der Waals surface area (Å²) in [6.07, 6.45) is 3.66. The molecular weight excluding hydrogens is 242 g/mol. The van der Waals surface area contributed by atoms with Crippen LogP contribution in [-0.4, -0.2) is 54.4 Å². The van der Waals surface area contributed by atoms with Gasteiger partial charge in [0, 0.05) is 13.5 Å². The Morgan fingerprint density at radius 2 is 1.79 bits per heavy atom. The van der Waals surface area contributed by atoms with Gasteiger partial charge in [0.15, 0.2) is 6.10 Å². The molecule has 1 atom stereocenters. The van der Waals surface area contributed by atoms with E-state index in [9.17, 15) is 4.79 Å². The van der Waals surface area contributed by atoms with E-state index in [1.807, 2.05) is 0 Å². The number of nitrogens with zero attached hydrogens (tertiary/aromatic N) is 1. The molecule has 1 N–H and O–H groups in total. The molecule has 4 nitrogen and oxygen atoms in total. The van der Waals surface area contributed by atoms with Gasteiger partial charge in [0.2, 0.25) is 0 Å². The summed E-state index contributed by atoms with van der Waals surface area (Å²) in [5.74, 6) is -0.217. The van der Waals surface area contributed by atoms with Crippen LogP contribution in [0, 0.1) is 0 Å². The van der Waals surface area contributed by atoms with Crippen LogP contribution in [-0.2, 0) is 9.53 Å². The summed E-state index contributed by atoms with van der Waals surface area (Å²) in [6.45, 7) is 12.4. The van der Waals surface area contributed by atoms with Crippen LogP contribution in [0.3, 0.4) is 0 Å². The molecule has 0 rings (SSSR count). The summed E-state index contributed by atoms with van der Waals surface area (Å²) in [6, 6.07) is 0. The zero-order valence-electron chi connectivity index (χ0n) is 13.2. The topological polar surface area (TPSA) is 46.5 Å². The monoisotopic (exact) mass is 274 g/mol. The van der Waals surface area contributed by atoms with Crippen molar-refractivity contribution in [1.29, 1.82) is 0 Å². The molecule has 0 heterocycles. The Bertz CT molecular complexity index is 238. The first-order valence-electron chi connectivity index (χ1n) is 7.66. The van der Waals surface area contributed by atoms with Crippen LogP contribution in [0.2, 0.25) is 0 Å². The molecule has 0 radical (unpaired) electrons. The SMILES string of the molecule is CCC[N+](CC)(CCC)CC(CCCO)OC(C)=O. The van der Waals surface area contributed by atoms with E-state index in [0.29, 0.717) is 6.42 Å². The molecule has 0 aliphatic heterocycles. The molecule has 0 aliphatic carbocycles. The van der Waals surface area contributed by atoms with Gasteiger partial charge in [-0.25, -0.2) is 0 Å². The Hall–Kier alpha value is -0.610. The first-order valence-corrected chi connectivity index (χ1v) is 7.66. The first kappa shape index (κ1) is 18.4. The van der Waals surface area contributed by atoms with Crippen LogP contribution in [0.5, 0.6) is 0 Å². The highest BCUT2D eigenvalue weighted by molar-refractivity contribution is 5.66. The molecule has 0 saturated carbocycles. The standard InChI is InChI=1S/C15H32NO3/c1-5-10-16(7-3,11-6-2)13-15(9-8-12-17)19-14(4)18/h15,17H,5-13H2,1-4H3/q+1. The van der Waals surface area contributed by atoms with E-state index in [2.05, 4.69) is 20.8 Å². The fraction of sp³-hybridized carbons (Fsp3) is 0.933. The van der Waals surface area contributed by atoms with Crippen molar-refractivity contribution in [3.05, 3.63) is 0 Å². The van der Waals surface area contributed by atoms with Gasteiger partial charge in [0.25, 0.3) is 0 Å². The second-order valence-corrected chi connectivity index (χ2v) is 5.38. The van der Waals surface area contributed by atoms with Gasteiger partial charge in [0.1, 0.15) is 6.54 Å². The second-order valence-electron chi connectivity index (χ2n) is 5.38. The number of likely N-dealkylation sites (N-methyl/N-ethyl adjacent to an activating group) is 1. The van der Waals surface area contributed by atoms with Gasteiger partial charge in [0.05, 0.1) is 19.6 Å². The minimum absolute atomic E-state index is 0.0669. The maximum Gasteiger partial charge on any atom is 0.303 e. The predicted molar refractivity (Wildman–Crippen MR) is 77.9 cm³/mol. The summed E-state index contributed by atoms with van der Waals surface area (Å²) in [7, 11) is 0. The van der Waals surface area contributed by atoms with Crippen molar-refractivity contribution < 1.29 is 19.1 Å². The largest absolute Gasteiger partial charge is 0.457 e. The maximum atomic E-state index is 11.2. The third-order valence-electron chi connectivity index (χ3n) is 3.67. The van der Waals surface area contributed by atoms with E-state index in [1.165, 1.54) is 6.92 Å². The van der Waals surface area contributed by atoms with Crippen LogP contribution in [0.15, 0.2) is 0 Å². The minimum Gasteiger partial charge on any atom is -0.457 e. The Morgan fingerprint density at radius 1 is 1.21 bits per heavy atom. The van der Waals surface area contributed by atoms with Crippen molar-refractivity contribution in [3.8, 4) is 0 Å². The number of quaternary nitrogens is 1. The van der Waals surface area contributed by atoms with E-state index < -0.39 is 0 Å². The lowest BCUT2D eigenvalue weighted by molar-refractivity contribution is -0.929. The highest BCUT2D eigenvalue weighted by atomic mass is 16.5. The average molecular weight is 274 g/mol. The summed E-state index contributed by atoms with van der Waals surface area (Å²) in [5.41, 5.74) is 0. The highest BCUT2D eigenvalue weighted by Crippen LogP contribution is 2.16. The molecule has 0 aliphatic rings. The lowest BCUT2D eigenvalue weighted by atomic mass is 10.1. The van der Waals surface area contributed by atoms with Crippen LogP contribution in [0.4, 0.5) is 0 Å². The van der Waals surface area contributed by atoms with Crippen LogP contribution >= 0.6 is 0 Å². The number of rotatable bonds is 11. The van der Waals surface area contributed by atoms with Crippen LogP contribution < -0.4 is 0 Å². The molecule has 0 aromatic carbocycles. The van der Waals surface area contributed by atoms with Gasteiger partial charge in [-0.15, -0.1) is 0 Å². The van der Waals surface area contributed by atoms with Crippen molar-refractivity contribution in [2.24, 2.45) is 0 Å². The fourth-order valence-electron chi connectivity index (χ4n) is 2.86.